The second kappa shape index (κ2) is 47.3. The van der Waals surface area contributed by atoms with E-state index in [4.69, 9.17) is 38.5 Å². The van der Waals surface area contributed by atoms with Gasteiger partial charge in [0.05, 0.1) is 38.3 Å². The van der Waals surface area contributed by atoms with Crippen LogP contribution in [-0.4, -0.2) is 192 Å². The van der Waals surface area contributed by atoms with Gasteiger partial charge in [-0.25, -0.2) is 9.59 Å². The summed E-state index contributed by atoms with van der Waals surface area (Å²) in [5, 5.41) is 23.7. The zero-order chi connectivity index (χ0) is 92.1. The maximum absolute atomic E-state index is 13.0. The van der Waals surface area contributed by atoms with Gasteiger partial charge in [-0.15, -0.1) is 0 Å². The molecule has 23 nitrogen and oxygen atoms in total. The number of hydrogen-bond donors (Lipinski definition) is 4. The van der Waals surface area contributed by atoms with Crippen LogP contribution in [-0.2, 0) is 55.8 Å². The number of rotatable bonds is 12. The van der Waals surface area contributed by atoms with Gasteiger partial charge in [0.2, 0.25) is 11.6 Å². The summed E-state index contributed by atoms with van der Waals surface area (Å²) in [7, 11) is 15.0. The minimum absolute atomic E-state index is 0.227. The summed E-state index contributed by atoms with van der Waals surface area (Å²) in [4.78, 5) is 107. The molecule has 124 heavy (non-hydrogen) atoms. The normalized spacial score (nSPS) is 13.0. The van der Waals surface area contributed by atoms with E-state index in [1.54, 1.807) is 84.9 Å². The Morgan fingerprint density at radius 3 is 0.984 bits per heavy atom. The number of halogens is 9. The number of carbonyl (C=O) groups is 8. The van der Waals surface area contributed by atoms with Crippen molar-refractivity contribution >= 4 is 260 Å². The second-order valence-corrected chi connectivity index (χ2v) is 35.8. The Morgan fingerprint density at radius 1 is 0.427 bits per heavy atom. The van der Waals surface area contributed by atoms with Crippen molar-refractivity contribution in [2.45, 2.75) is 39.5 Å². The minimum atomic E-state index is -3.79. The molecule has 647 valence electrons. The van der Waals surface area contributed by atoms with Crippen LogP contribution < -0.4 is 15.2 Å². The number of cyclic esters (lactones) is 2. The number of ketones is 2. The van der Waals surface area contributed by atoms with Crippen LogP contribution >= 0.6 is 140 Å². The molecule has 12 aromatic carbocycles. The zero-order valence-electron chi connectivity index (χ0n) is 68.9. The maximum atomic E-state index is 13.0. The fourth-order valence-electron chi connectivity index (χ4n) is 14.6. The van der Waals surface area contributed by atoms with Crippen molar-refractivity contribution < 1.29 is 94.2 Å². The largest absolute Gasteiger partial charge is 0.0614 e. The molecular formula is C89H82BBr8CrFN7O16S. The van der Waals surface area contributed by atoms with Crippen LogP contribution in [0.5, 0.6) is 11.5 Å². The van der Waals surface area contributed by atoms with E-state index in [0.717, 1.165) is 66.9 Å². The fraction of sp³-hybridized carbons (Fsp3) is 0.236. The molecule has 35 heteroatoms. The van der Waals surface area contributed by atoms with Crippen molar-refractivity contribution in [3.63, 3.8) is 0 Å². The van der Waals surface area contributed by atoms with Crippen LogP contribution in [0, 0.1) is 0 Å². The Hall–Kier alpha value is -7.76. The Bertz CT molecular complexity index is 6010. The van der Waals surface area contributed by atoms with E-state index in [2.05, 4.69) is 222 Å². The summed E-state index contributed by atoms with van der Waals surface area (Å²) < 4.78 is 67.5. The number of Topliss-reactive ketones (excluding diaryl/α,β-unsaturated/α-hetero) is 2. The van der Waals surface area contributed by atoms with Crippen LogP contribution in [0.2, 0.25) is 0 Å². The zero-order valence-corrected chi connectivity index (χ0v) is 82.8. The molecule has 0 saturated heterocycles. The molecule has 18 rings (SSSR count). The van der Waals surface area contributed by atoms with Crippen molar-refractivity contribution in [3.05, 3.63) is 260 Å². The molecule has 0 unspecified atom stereocenters. The van der Waals surface area contributed by atoms with Gasteiger partial charge in [-0.1, -0.05) is 176 Å². The summed E-state index contributed by atoms with van der Waals surface area (Å²) in [5.74, 6) is -1.77. The van der Waals surface area contributed by atoms with E-state index in [1.807, 2.05) is 78.1 Å². The Kier molecular flexibility index (Phi) is 38.2. The SMILES string of the molecule is Brc1ccc2c3c(ccc(Br)c13)CC2.CCOc1ccc2c3c(ccc(OCC)c13)C(=O)N(CCN(C)C)C2=O.CN(C)CCN.CN(C)CCN1C(=O)c2ccc(Br)c3c(Br)ccc(c23)C1=O.O=C1C(=O)c2ccc(Br)c3c(Br)ccc1c23.O=C1OC(=O)c2ccc(Br)c3c(Br)ccc1c23.OO.[2H]CF.[B]=NS.[O]=[Cr](=[O])=[O].c1cc2c3c(cccc3c1)CC2. The summed E-state index contributed by atoms with van der Waals surface area (Å²) in [6, 6.07) is 50.1. The number of nitrogens with two attached hydrogens (primary N) is 1. The number of alkyl halides is 1. The molecule has 0 bridgehead atoms. The van der Waals surface area contributed by atoms with Crippen LogP contribution in [0.15, 0.2) is 198 Å². The number of esters is 2. The number of likely N-dealkylation sites (N-methyl/N-ethyl adjacent to an activating group) is 3. The number of thiol groups is 1. The first kappa shape index (κ1) is 100. The molecule has 3 aliphatic heterocycles. The number of imide groups is 2. The predicted molar refractivity (Wildman–Crippen MR) is 508 cm³/mol. The first-order valence-electron chi connectivity index (χ1n) is 38.4. The monoisotopic (exact) mass is 2250 g/mol. The van der Waals surface area contributed by atoms with Crippen molar-refractivity contribution in [2.75, 3.05) is 102 Å². The minimum Gasteiger partial charge on any atom is -0.0614 e. The molecule has 0 spiro atoms. The van der Waals surface area contributed by atoms with E-state index >= 15 is 0 Å². The number of amides is 4. The quantitative estimate of drug-likeness (QED) is 0.0129. The van der Waals surface area contributed by atoms with Gasteiger partial charge >= 0.3 is 62.1 Å². The molecule has 3 aliphatic carbocycles. The van der Waals surface area contributed by atoms with Gasteiger partial charge in [-0.2, -0.15) is 0 Å². The standard InChI is InChI=1S/C20H24N2O4.C16H14Br2N2O2.C12H4Br2O3.C12H4Br2O2.C12H8Br2.C12H10.C4H12N2.CH3F.BHNS.Cr.H2O2.3O/c1-5-25-15-9-7-13-17-14(8-10-16(18(15)17)26-6-2)20(24)22(19(13)23)12-11-21(3)4;1-19(2)7-8-20-15(21)9-3-5-11(17)14-12(18)6-4-10(13(9)14)16(20)22;13-7-3-1-5-9-6(12(16)17-11(5)15)2-4-8(14)10(7)9;13-7-3-1-5-9-6(12(16)11(5)15)2-4-8(14)10(7)9;13-9-5-3-7-1-2-8-4-6-10(14)12(9)11(7)8;1-3-9-4-2-6-11-8-7-10(5-1)12(9)11;1-6(2)4-3-5;1-2;1-2-3;;1-2;;;/h7-10H,5-6,11-12H2,1-4H3;3-6H,7-8H2,1-2H3;1-4H;1-4H;3-6H,1-2H2;1-6H,7-8H2;3-5H2,1-2H3;1H3;3H;;1-2H;;;/i;;;;;;;1D;;;;;;. The van der Waals surface area contributed by atoms with Gasteiger partial charge < -0.3 is 34.6 Å². The molecule has 0 saturated carbocycles. The Labute approximate surface area is 793 Å². The molecule has 12 aromatic rings. The van der Waals surface area contributed by atoms with Crippen molar-refractivity contribution in [2.24, 2.45) is 10.0 Å². The molecule has 0 fully saturated rings. The van der Waals surface area contributed by atoms with E-state index in [1.165, 1.54) is 88.2 Å². The maximum Gasteiger partial charge on any atom is -0.0120 e. The third-order valence-corrected chi connectivity index (χ3v) is 25.1. The van der Waals surface area contributed by atoms with Crippen molar-refractivity contribution in [1.29, 1.82) is 0 Å². The molecule has 1 radical (unpaired) electrons. The third kappa shape index (κ3) is 23.2. The van der Waals surface area contributed by atoms with E-state index < -0.39 is 44.6 Å². The van der Waals surface area contributed by atoms with E-state index in [9.17, 15) is 42.7 Å². The molecule has 0 aromatic heterocycles. The molecular weight excluding hydrogens is 2180 g/mol. The van der Waals surface area contributed by atoms with Crippen molar-refractivity contribution in [1.82, 2.24) is 24.5 Å². The molecule has 3 heterocycles. The fourth-order valence-corrected chi connectivity index (χ4v) is 20.0. The predicted octanol–water partition coefficient (Wildman–Crippen LogP) is 21.1. The van der Waals surface area contributed by atoms with Crippen LogP contribution in [0.3, 0.4) is 0 Å². The van der Waals surface area contributed by atoms with E-state index in [-0.39, 0.29) is 23.6 Å². The molecule has 6 aliphatic rings. The second-order valence-electron chi connectivity index (χ2n) is 28.1. The first-order valence-corrected chi connectivity index (χ1v) is 46.0. The topological polar surface area (TPSA) is 310 Å². The Morgan fingerprint density at radius 2 is 0.685 bits per heavy atom. The Balaban J connectivity index is 0.000000181. The average Bonchev–Trinajstić information content (AvgIpc) is 1.69. The van der Waals surface area contributed by atoms with Gasteiger partial charge in [-0.3, -0.25) is 53.5 Å². The van der Waals surface area contributed by atoms with Gasteiger partial charge in [0.15, 0.2) is 0 Å². The van der Waals surface area contributed by atoms with Gasteiger partial charge in [0.1, 0.15) is 11.5 Å². The third-order valence-electron chi connectivity index (χ3n) is 19.8. The first-order chi connectivity index (χ1) is 59.7. The summed E-state index contributed by atoms with van der Waals surface area (Å²) in [6.07, 6.45) is 4.85. The number of carbonyl (C=O) groups excluding carboxylic acids is 8. The van der Waals surface area contributed by atoms with Crippen LogP contribution in [0.4, 0.5) is 4.39 Å². The van der Waals surface area contributed by atoms with Gasteiger partial charge in [-0.05, 0) is 229 Å². The smallest absolute Gasteiger partial charge is 0.0120 e. The average molecular weight is 2260 g/mol. The number of ether oxygens (including phenoxy) is 3. The van der Waals surface area contributed by atoms with Gasteiger partial charge in [0.25, 0.3) is 23.6 Å². The number of benzene rings is 12. The van der Waals surface area contributed by atoms with Crippen molar-refractivity contribution in [3.8, 4) is 11.5 Å². The van der Waals surface area contributed by atoms with E-state index in [0.29, 0.717) is 112 Å². The summed E-state index contributed by atoms with van der Waals surface area (Å²) >= 11 is 27.3. The summed E-state index contributed by atoms with van der Waals surface area (Å²) in [5.41, 5.74) is 15.2. The summed E-state index contributed by atoms with van der Waals surface area (Å²) in [6.45, 7) is 8.51. The number of nitrogens with zero attached hydrogens (tertiary/aromatic N) is 6. The number of hydrogen-bond acceptors (Lipinski definition) is 22. The molecule has 0 atom stereocenters. The van der Waals surface area contributed by atoms with Gasteiger partial charge in [0, 0.05) is 152 Å². The number of aryl methyl sites for hydroxylation is 4. The molecule has 4 N–H and O–H groups in total. The molecule has 4 amide bonds. The van der Waals surface area contributed by atoms with Crippen LogP contribution in [0.1, 0.15) is 120 Å². The van der Waals surface area contributed by atoms with Crippen LogP contribution in [0.25, 0.3) is 64.6 Å².